The van der Waals surface area contributed by atoms with Gasteiger partial charge in [-0.1, -0.05) is 0 Å². The van der Waals surface area contributed by atoms with Gasteiger partial charge in [0.15, 0.2) is 5.69 Å². The number of benzene rings is 3. The van der Waals surface area contributed by atoms with Gasteiger partial charge in [-0.25, -0.2) is 4.68 Å². The number of aromatic amines is 1. The van der Waals surface area contributed by atoms with Crippen molar-refractivity contribution < 1.29 is 22.8 Å². The summed E-state index contributed by atoms with van der Waals surface area (Å²) in [5.41, 5.74) is -0.246. The van der Waals surface area contributed by atoms with E-state index in [-0.39, 0.29) is 39.0 Å². The Morgan fingerprint density at radius 2 is 1.33 bits per heavy atom. The maximum Gasteiger partial charge on any atom is 0.299 e. The van der Waals surface area contributed by atoms with Crippen molar-refractivity contribution in [2.45, 2.75) is 4.90 Å². The summed E-state index contributed by atoms with van der Waals surface area (Å²) < 4.78 is 32.6. The summed E-state index contributed by atoms with van der Waals surface area (Å²) in [5, 5.41) is 32.7. The van der Waals surface area contributed by atoms with Gasteiger partial charge in [-0.2, -0.15) is 13.5 Å². The zero-order valence-electron chi connectivity index (χ0n) is 17.9. The molecule has 4 aromatic rings. The van der Waals surface area contributed by atoms with E-state index in [0.717, 1.165) is 16.8 Å². The minimum absolute atomic E-state index is 0.159. The summed E-state index contributed by atoms with van der Waals surface area (Å²) in [6.07, 6.45) is 0. The lowest BCUT2D eigenvalue weighted by molar-refractivity contribution is -0.385. The molecule has 1 heterocycles. The number of rotatable bonds is 7. The number of aromatic nitrogens is 2. The van der Waals surface area contributed by atoms with Gasteiger partial charge in [-0.05, 0) is 48.5 Å². The van der Waals surface area contributed by atoms with Gasteiger partial charge >= 0.3 is 0 Å². The third kappa shape index (κ3) is 4.91. The molecule has 36 heavy (non-hydrogen) atoms. The summed E-state index contributed by atoms with van der Waals surface area (Å²) in [5.74, 6) is 0. The average Bonchev–Trinajstić information content (AvgIpc) is 3.18. The molecule has 182 valence electrons. The minimum atomic E-state index is -4.40. The summed E-state index contributed by atoms with van der Waals surface area (Å²) in [6.45, 7) is 0. The molecule has 0 radical (unpaired) electrons. The minimum Gasteiger partial charge on any atom is -0.288 e. The van der Waals surface area contributed by atoms with Gasteiger partial charge in [-0.15, -0.1) is 5.11 Å². The third-order valence-corrected chi connectivity index (χ3v) is 5.82. The summed E-state index contributed by atoms with van der Waals surface area (Å²) in [6, 6.07) is 15.2. The number of nitro groups is 2. The van der Waals surface area contributed by atoms with Crippen LogP contribution in [0.1, 0.15) is 0 Å². The molecule has 0 amide bonds. The zero-order chi connectivity index (χ0) is 26.0. The van der Waals surface area contributed by atoms with Crippen molar-refractivity contribution >= 4 is 32.9 Å². The van der Waals surface area contributed by atoms with Crippen LogP contribution in [0.3, 0.4) is 0 Å². The zero-order valence-corrected chi connectivity index (χ0v) is 18.7. The molecule has 0 saturated heterocycles. The van der Waals surface area contributed by atoms with E-state index in [1.807, 2.05) is 0 Å². The van der Waals surface area contributed by atoms with Crippen LogP contribution in [-0.4, -0.2) is 32.6 Å². The highest BCUT2D eigenvalue weighted by Crippen LogP contribution is 2.30. The molecule has 0 aliphatic heterocycles. The van der Waals surface area contributed by atoms with E-state index in [2.05, 4.69) is 15.3 Å². The van der Waals surface area contributed by atoms with Gasteiger partial charge in [0.05, 0.1) is 31.8 Å². The second-order valence-corrected chi connectivity index (χ2v) is 8.64. The van der Waals surface area contributed by atoms with E-state index in [9.17, 15) is 33.4 Å². The van der Waals surface area contributed by atoms with E-state index >= 15 is 0 Å². The molecule has 0 aliphatic carbocycles. The van der Waals surface area contributed by atoms with Gasteiger partial charge < -0.3 is 0 Å². The standard InChI is InChI=1S/C21H14N6O8S/c28-21-20(23-22-14-3-11-18(12-4-14)36(33,34)35)19(13-1-5-16(6-2-13)26(29)30)24-25(21)15-7-9-17(10-8-15)27(31)32/h1-12,24H,(H,33,34,35). The predicted octanol–water partition coefficient (Wildman–Crippen LogP) is 4.31. The highest BCUT2D eigenvalue weighted by Gasteiger charge is 2.19. The van der Waals surface area contributed by atoms with E-state index in [0.29, 0.717) is 5.56 Å². The van der Waals surface area contributed by atoms with Gasteiger partial charge in [0.2, 0.25) is 0 Å². The molecule has 4 rings (SSSR count). The number of nitrogens with zero attached hydrogens (tertiary/aromatic N) is 5. The largest absolute Gasteiger partial charge is 0.299 e. The fourth-order valence-corrected chi connectivity index (χ4v) is 3.65. The lowest BCUT2D eigenvalue weighted by Crippen LogP contribution is -2.13. The van der Waals surface area contributed by atoms with Crippen LogP contribution in [0.15, 0.2) is 92.7 Å². The molecular formula is C21H14N6O8S. The molecule has 14 nitrogen and oxygen atoms in total. The Morgan fingerprint density at radius 1 is 0.806 bits per heavy atom. The Morgan fingerprint density at radius 3 is 1.83 bits per heavy atom. The summed E-state index contributed by atoms with van der Waals surface area (Å²) in [7, 11) is -4.40. The van der Waals surface area contributed by atoms with Crippen molar-refractivity contribution in [2.24, 2.45) is 10.2 Å². The van der Waals surface area contributed by atoms with Crippen LogP contribution in [-0.2, 0) is 10.1 Å². The van der Waals surface area contributed by atoms with Crippen molar-refractivity contribution in [3.8, 4) is 16.9 Å². The molecule has 0 unspecified atom stereocenters. The molecule has 1 aromatic heterocycles. The number of nitro benzene ring substituents is 2. The lowest BCUT2D eigenvalue weighted by Gasteiger charge is -2.02. The fraction of sp³-hybridized carbons (Fsp3) is 0. The molecule has 3 aromatic carbocycles. The summed E-state index contributed by atoms with van der Waals surface area (Å²) >= 11 is 0. The number of non-ortho nitro benzene ring substituents is 2. The van der Waals surface area contributed by atoms with Crippen molar-refractivity contribution in [3.63, 3.8) is 0 Å². The first-order chi connectivity index (χ1) is 17.0. The van der Waals surface area contributed by atoms with Crippen molar-refractivity contribution in [1.82, 2.24) is 9.78 Å². The average molecular weight is 510 g/mol. The first kappa shape index (κ1) is 24.1. The summed E-state index contributed by atoms with van der Waals surface area (Å²) in [4.78, 5) is 33.6. The fourth-order valence-electron chi connectivity index (χ4n) is 3.17. The molecule has 0 bridgehead atoms. The third-order valence-electron chi connectivity index (χ3n) is 4.95. The molecule has 0 aliphatic rings. The van der Waals surface area contributed by atoms with Crippen LogP contribution in [0.2, 0.25) is 0 Å². The first-order valence-electron chi connectivity index (χ1n) is 9.88. The van der Waals surface area contributed by atoms with Crippen LogP contribution < -0.4 is 5.56 Å². The van der Waals surface area contributed by atoms with Crippen molar-refractivity contribution in [1.29, 1.82) is 0 Å². The second-order valence-electron chi connectivity index (χ2n) is 7.22. The van der Waals surface area contributed by atoms with Gasteiger partial charge in [0.25, 0.3) is 27.1 Å². The number of nitrogens with one attached hydrogen (secondary N) is 1. The number of azo groups is 1. The Labute approximate surface area is 201 Å². The molecule has 0 spiro atoms. The van der Waals surface area contributed by atoms with Gasteiger partial charge in [-0.3, -0.25) is 34.7 Å². The number of hydrogen-bond acceptors (Lipinski definition) is 9. The molecule has 2 N–H and O–H groups in total. The first-order valence-corrected chi connectivity index (χ1v) is 11.3. The van der Waals surface area contributed by atoms with Crippen LogP contribution in [0, 0.1) is 20.2 Å². The molecule has 0 atom stereocenters. The maximum absolute atomic E-state index is 13.2. The quantitative estimate of drug-likeness (QED) is 0.158. The van der Waals surface area contributed by atoms with E-state index in [4.69, 9.17) is 4.55 Å². The number of H-pyrrole nitrogens is 1. The van der Waals surface area contributed by atoms with Crippen LogP contribution in [0.5, 0.6) is 0 Å². The van der Waals surface area contributed by atoms with Crippen LogP contribution >= 0.6 is 0 Å². The topological polar surface area (TPSA) is 203 Å². The number of hydrogen-bond donors (Lipinski definition) is 2. The highest BCUT2D eigenvalue weighted by molar-refractivity contribution is 7.85. The van der Waals surface area contributed by atoms with Gasteiger partial charge in [0.1, 0.15) is 0 Å². The van der Waals surface area contributed by atoms with E-state index in [1.54, 1.807) is 0 Å². The Bertz CT molecular complexity index is 1660. The monoisotopic (exact) mass is 510 g/mol. The SMILES string of the molecule is O=c1c(N=Nc2ccc(S(=O)(=O)O)cc2)c(-c2ccc([N+](=O)[O-])cc2)[nH]n1-c1ccc([N+](=O)[O-])cc1. The van der Waals surface area contributed by atoms with Crippen molar-refractivity contribution in [3.05, 3.63) is 103 Å². The van der Waals surface area contributed by atoms with Crippen LogP contribution in [0.4, 0.5) is 22.7 Å². The Kier molecular flexibility index (Phi) is 6.24. The smallest absolute Gasteiger partial charge is 0.288 e. The van der Waals surface area contributed by atoms with E-state index in [1.165, 1.54) is 60.7 Å². The van der Waals surface area contributed by atoms with Gasteiger partial charge in [0, 0.05) is 29.8 Å². The molecule has 15 heteroatoms. The van der Waals surface area contributed by atoms with Crippen LogP contribution in [0.25, 0.3) is 16.9 Å². The second kappa shape index (κ2) is 9.32. The molecule has 0 saturated carbocycles. The maximum atomic E-state index is 13.2. The molecule has 0 fully saturated rings. The van der Waals surface area contributed by atoms with Crippen molar-refractivity contribution in [2.75, 3.05) is 0 Å². The predicted molar refractivity (Wildman–Crippen MR) is 126 cm³/mol. The Balaban J connectivity index is 1.81. The van der Waals surface area contributed by atoms with E-state index < -0.39 is 25.5 Å². The Hall–Kier alpha value is -5.02. The molecular weight excluding hydrogens is 496 g/mol. The lowest BCUT2D eigenvalue weighted by atomic mass is 10.1. The highest BCUT2D eigenvalue weighted by atomic mass is 32.2. The normalized spacial score (nSPS) is 11.6.